The second kappa shape index (κ2) is 5.86. The number of para-hydroxylation sites is 2. The summed E-state index contributed by atoms with van der Waals surface area (Å²) in [7, 11) is 0. The smallest absolute Gasteiger partial charge is 0.220 e. The molecule has 2 aromatic rings. The van der Waals surface area contributed by atoms with Crippen molar-refractivity contribution in [2.24, 2.45) is 0 Å². The van der Waals surface area contributed by atoms with Crippen LogP contribution in [0, 0.1) is 0 Å². The molecule has 0 radical (unpaired) electrons. The minimum absolute atomic E-state index is 0.152. The Morgan fingerprint density at radius 2 is 2.05 bits per heavy atom. The quantitative estimate of drug-likeness (QED) is 0.789. The molecule has 104 valence electrons. The van der Waals surface area contributed by atoms with Gasteiger partial charge in [0, 0.05) is 19.0 Å². The lowest BCUT2D eigenvalue weighted by atomic mass is 10.3. The van der Waals surface area contributed by atoms with Crippen LogP contribution < -0.4 is 10.6 Å². The molecule has 0 saturated heterocycles. The molecule has 1 aromatic carbocycles. The minimum Gasteiger partial charge on any atom is -0.369 e. The van der Waals surface area contributed by atoms with Crippen LogP contribution in [0.5, 0.6) is 0 Å². The predicted molar refractivity (Wildman–Crippen MR) is 78.4 cm³/mol. The molecule has 1 aromatic heterocycles. The largest absolute Gasteiger partial charge is 0.369 e. The van der Waals surface area contributed by atoms with Gasteiger partial charge in [-0.1, -0.05) is 12.1 Å². The normalized spacial score (nSPS) is 14.2. The van der Waals surface area contributed by atoms with E-state index in [0.717, 1.165) is 42.7 Å². The summed E-state index contributed by atoms with van der Waals surface area (Å²) in [4.78, 5) is 20.3. The summed E-state index contributed by atoms with van der Waals surface area (Å²) in [6.45, 7) is 0.727. The van der Waals surface area contributed by atoms with Gasteiger partial charge in [0.15, 0.2) is 0 Å². The molecule has 1 amide bonds. The van der Waals surface area contributed by atoms with Gasteiger partial charge in [-0.3, -0.25) is 9.78 Å². The van der Waals surface area contributed by atoms with Crippen LogP contribution in [0.25, 0.3) is 11.0 Å². The standard InChI is InChI=1S/C15H18N4O/c20-15(18-11-7-8-11)6-3-9-16-14-10-17-12-4-1-2-5-13(12)19-14/h1-2,4-5,10-11H,3,6-9H2,(H,16,19)(H,18,20). The number of hydrogen-bond donors (Lipinski definition) is 2. The summed E-state index contributed by atoms with van der Waals surface area (Å²) in [5.74, 6) is 0.908. The number of aromatic nitrogens is 2. The number of carbonyl (C=O) groups excluding carboxylic acids is 1. The number of fused-ring (bicyclic) bond motifs is 1. The van der Waals surface area contributed by atoms with Crippen LogP contribution in [0.4, 0.5) is 5.82 Å². The molecule has 3 rings (SSSR count). The Bertz CT molecular complexity index is 610. The first-order valence-electron chi connectivity index (χ1n) is 7.06. The van der Waals surface area contributed by atoms with E-state index in [1.807, 2.05) is 24.3 Å². The molecule has 5 nitrogen and oxygen atoms in total. The molecule has 20 heavy (non-hydrogen) atoms. The first-order valence-corrected chi connectivity index (χ1v) is 7.06. The van der Waals surface area contributed by atoms with Crippen LogP contribution in [0.1, 0.15) is 25.7 Å². The maximum absolute atomic E-state index is 11.5. The van der Waals surface area contributed by atoms with E-state index in [2.05, 4.69) is 20.6 Å². The fourth-order valence-corrected chi connectivity index (χ4v) is 2.04. The Morgan fingerprint density at radius 3 is 2.85 bits per heavy atom. The number of nitrogens with one attached hydrogen (secondary N) is 2. The number of nitrogens with zero attached hydrogens (tertiary/aromatic N) is 2. The van der Waals surface area contributed by atoms with E-state index in [1.165, 1.54) is 0 Å². The SMILES string of the molecule is O=C(CCCNc1cnc2ccccc2n1)NC1CC1. The lowest BCUT2D eigenvalue weighted by Crippen LogP contribution is -2.25. The Kier molecular flexibility index (Phi) is 3.76. The van der Waals surface area contributed by atoms with Gasteiger partial charge in [0.05, 0.1) is 17.2 Å². The third-order valence-electron chi connectivity index (χ3n) is 3.28. The van der Waals surface area contributed by atoms with E-state index in [0.29, 0.717) is 12.5 Å². The molecular weight excluding hydrogens is 252 g/mol. The average molecular weight is 270 g/mol. The van der Waals surface area contributed by atoms with Crippen molar-refractivity contribution in [1.29, 1.82) is 0 Å². The van der Waals surface area contributed by atoms with Crippen molar-refractivity contribution in [1.82, 2.24) is 15.3 Å². The van der Waals surface area contributed by atoms with Gasteiger partial charge in [-0.15, -0.1) is 0 Å². The van der Waals surface area contributed by atoms with Gasteiger partial charge in [0.25, 0.3) is 0 Å². The molecule has 0 atom stereocenters. The van der Waals surface area contributed by atoms with Gasteiger partial charge in [-0.25, -0.2) is 4.98 Å². The number of benzene rings is 1. The Labute approximate surface area is 117 Å². The summed E-state index contributed by atoms with van der Waals surface area (Å²) >= 11 is 0. The van der Waals surface area contributed by atoms with Crippen molar-refractivity contribution < 1.29 is 4.79 Å². The van der Waals surface area contributed by atoms with Gasteiger partial charge < -0.3 is 10.6 Å². The molecule has 1 aliphatic carbocycles. The van der Waals surface area contributed by atoms with Gasteiger partial charge in [0.2, 0.25) is 5.91 Å². The highest BCUT2D eigenvalue weighted by atomic mass is 16.1. The van der Waals surface area contributed by atoms with Crippen molar-refractivity contribution in [3.63, 3.8) is 0 Å². The van der Waals surface area contributed by atoms with Crippen LogP contribution in [0.15, 0.2) is 30.5 Å². The fraction of sp³-hybridized carbons (Fsp3) is 0.400. The lowest BCUT2D eigenvalue weighted by Gasteiger charge is -2.06. The highest BCUT2D eigenvalue weighted by molar-refractivity contribution is 5.76. The van der Waals surface area contributed by atoms with Crippen LogP contribution >= 0.6 is 0 Å². The summed E-state index contributed by atoms with van der Waals surface area (Å²) in [5, 5.41) is 6.19. The average Bonchev–Trinajstić information content (AvgIpc) is 3.27. The van der Waals surface area contributed by atoms with E-state index in [1.54, 1.807) is 6.20 Å². The Balaban J connectivity index is 1.45. The zero-order valence-corrected chi connectivity index (χ0v) is 11.3. The maximum Gasteiger partial charge on any atom is 0.220 e. The third kappa shape index (κ3) is 3.44. The molecule has 2 N–H and O–H groups in total. The van der Waals surface area contributed by atoms with Crippen molar-refractivity contribution in [3.8, 4) is 0 Å². The molecule has 1 fully saturated rings. The van der Waals surface area contributed by atoms with E-state index in [9.17, 15) is 4.79 Å². The zero-order chi connectivity index (χ0) is 13.8. The molecule has 1 saturated carbocycles. The van der Waals surface area contributed by atoms with Crippen LogP contribution in [-0.2, 0) is 4.79 Å². The van der Waals surface area contributed by atoms with Gasteiger partial charge in [0.1, 0.15) is 5.82 Å². The van der Waals surface area contributed by atoms with Crippen molar-refractivity contribution in [2.75, 3.05) is 11.9 Å². The molecule has 5 heteroatoms. The second-order valence-corrected chi connectivity index (χ2v) is 5.12. The van der Waals surface area contributed by atoms with Crippen LogP contribution in [-0.4, -0.2) is 28.5 Å². The molecule has 0 spiro atoms. The predicted octanol–water partition coefficient (Wildman–Crippen LogP) is 2.10. The topological polar surface area (TPSA) is 66.9 Å². The first-order chi connectivity index (χ1) is 9.81. The van der Waals surface area contributed by atoms with E-state index < -0.39 is 0 Å². The maximum atomic E-state index is 11.5. The fourth-order valence-electron chi connectivity index (χ4n) is 2.04. The number of amides is 1. The monoisotopic (exact) mass is 270 g/mol. The van der Waals surface area contributed by atoms with Crippen LogP contribution in [0.3, 0.4) is 0 Å². The summed E-state index contributed by atoms with van der Waals surface area (Å²) in [6.07, 6.45) is 5.36. The number of rotatable bonds is 6. The van der Waals surface area contributed by atoms with Gasteiger partial charge >= 0.3 is 0 Å². The minimum atomic E-state index is 0.152. The van der Waals surface area contributed by atoms with E-state index in [4.69, 9.17) is 0 Å². The highest BCUT2D eigenvalue weighted by Gasteiger charge is 2.22. The summed E-state index contributed by atoms with van der Waals surface area (Å²) in [5.41, 5.74) is 1.77. The number of carbonyl (C=O) groups is 1. The Hall–Kier alpha value is -2.17. The van der Waals surface area contributed by atoms with Gasteiger partial charge in [-0.05, 0) is 31.4 Å². The van der Waals surface area contributed by atoms with E-state index in [-0.39, 0.29) is 5.91 Å². The second-order valence-electron chi connectivity index (χ2n) is 5.12. The third-order valence-corrected chi connectivity index (χ3v) is 3.28. The molecule has 0 bridgehead atoms. The summed E-state index contributed by atoms with van der Waals surface area (Å²) < 4.78 is 0. The van der Waals surface area contributed by atoms with Crippen molar-refractivity contribution in [2.45, 2.75) is 31.7 Å². The van der Waals surface area contributed by atoms with Crippen molar-refractivity contribution in [3.05, 3.63) is 30.5 Å². The summed E-state index contributed by atoms with van der Waals surface area (Å²) in [6, 6.07) is 8.22. The Morgan fingerprint density at radius 1 is 1.25 bits per heavy atom. The molecule has 1 aliphatic rings. The molecule has 0 aliphatic heterocycles. The first kappa shape index (κ1) is 12.8. The van der Waals surface area contributed by atoms with Crippen molar-refractivity contribution >= 4 is 22.8 Å². The highest BCUT2D eigenvalue weighted by Crippen LogP contribution is 2.18. The molecule has 0 unspecified atom stereocenters. The zero-order valence-electron chi connectivity index (χ0n) is 11.3. The number of anilines is 1. The van der Waals surface area contributed by atoms with Crippen LogP contribution in [0.2, 0.25) is 0 Å². The number of hydrogen-bond acceptors (Lipinski definition) is 4. The van der Waals surface area contributed by atoms with Gasteiger partial charge in [-0.2, -0.15) is 0 Å². The molecular formula is C15H18N4O. The van der Waals surface area contributed by atoms with E-state index >= 15 is 0 Å². The molecule has 1 heterocycles. The lowest BCUT2D eigenvalue weighted by molar-refractivity contribution is -0.121.